The predicted molar refractivity (Wildman–Crippen MR) is 50.4 cm³/mol. The second-order valence-electron chi connectivity index (χ2n) is 2.56. The van der Waals surface area contributed by atoms with E-state index in [4.69, 9.17) is 9.47 Å². The molecule has 6 heteroatoms. The summed E-state index contributed by atoms with van der Waals surface area (Å²) in [5.74, 6) is 2.19. The van der Waals surface area contributed by atoms with Crippen LogP contribution in [0.3, 0.4) is 0 Å². The van der Waals surface area contributed by atoms with Crippen LogP contribution in [-0.4, -0.2) is 23.2 Å². The molecular weight excluding hydrogens is 190 g/mol. The molecule has 0 aromatic carbocycles. The molecule has 1 aliphatic heterocycles. The first-order valence-electron chi connectivity index (χ1n) is 3.85. The molecule has 0 bridgehead atoms. The molecule has 13 heavy (non-hydrogen) atoms. The van der Waals surface area contributed by atoms with E-state index in [1.165, 1.54) is 0 Å². The molecule has 0 fully saturated rings. The monoisotopic (exact) mass is 199 g/mol. The number of ether oxygens (including phenoxy) is 2. The fourth-order valence-electron chi connectivity index (χ4n) is 1.12. The van der Waals surface area contributed by atoms with Crippen LogP contribution in [0.5, 0.6) is 11.6 Å². The van der Waals surface area contributed by atoms with Crippen molar-refractivity contribution in [2.75, 3.05) is 17.9 Å². The Hall–Kier alpha value is -1.17. The summed E-state index contributed by atoms with van der Waals surface area (Å²) in [6, 6.07) is 0. The van der Waals surface area contributed by atoms with Gasteiger partial charge in [-0.1, -0.05) is 12.8 Å². The Morgan fingerprint density at radius 1 is 1.31 bits per heavy atom. The number of thiol groups is 1. The van der Waals surface area contributed by atoms with Crippen LogP contribution in [0.1, 0.15) is 5.82 Å². The van der Waals surface area contributed by atoms with Crippen molar-refractivity contribution < 1.29 is 9.47 Å². The van der Waals surface area contributed by atoms with Gasteiger partial charge in [-0.2, -0.15) is 4.98 Å². The molecule has 0 amide bonds. The number of aromatic nitrogens is 2. The summed E-state index contributed by atoms with van der Waals surface area (Å²) < 4.78 is 13.3. The van der Waals surface area contributed by atoms with Crippen LogP contribution in [-0.2, 0) is 0 Å². The maximum atomic E-state index is 5.34. The lowest BCUT2D eigenvalue weighted by Gasteiger charge is -2.18. The molecule has 0 saturated carbocycles. The third kappa shape index (κ3) is 1.49. The second kappa shape index (κ2) is 3.29. The zero-order valence-corrected chi connectivity index (χ0v) is 7.97. The standard InChI is InChI=1S/C7H9N3O2S/c1-4-8-6(10-13)5-7(9-4)12-3-2-11-5/h13H,2-3H2,1H3,(H,8,9,10). The van der Waals surface area contributed by atoms with Crippen molar-refractivity contribution in [2.45, 2.75) is 6.92 Å². The molecule has 1 N–H and O–H groups in total. The minimum atomic E-state index is 0.482. The number of hydrogen-bond donors (Lipinski definition) is 2. The minimum absolute atomic E-state index is 0.482. The van der Waals surface area contributed by atoms with E-state index in [1.54, 1.807) is 6.92 Å². The lowest BCUT2D eigenvalue weighted by atomic mass is 10.4. The molecule has 1 aromatic heterocycles. The van der Waals surface area contributed by atoms with Crippen molar-refractivity contribution in [2.24, 2.45) is 0 Å². The number of hydrogen-bond acceptors (Lipinski definition) is 6. The molecule has 0 radical (unpaired) electrons. The van der Waals surface area contributed by atoms with E-state index in [9.17, 15) is 0 Å². The highest BCUT2D eigenvalue weighted by Crippen LogP contribution is 2.34. The van der Waals surface area contributed by atoms with Crippen molar-refractivity contribution >= 4 is 18.6 Å². The molecule has 2 heterocycles. The Kier molecular flexibility index (Phi) is 2.13. The zero-order chi connectivity index (χ0) is 9.26. The van der Waals surface area contributed by atoms with E-state index in [-0.39, 0.29) is 0 Å². The minimum Gasteiger partial charge on any atom is -0.482 e. The molecule has 1 aliphatic rings. The molecule has 1 aromatic rings. The van der Waals surface area contributed by atoms with Gasteiger partial charge < -0.3 is 14.2 Å². The molecule has 0 spiro atoms. The Balaban J connectivity index is 2.50. The molecular formula is C7H9N3O2S. The first-order chi connectivity index (χ1) is 6.31. The third-order valence-corrected chi connectivity index (χ3v) is 1.83. The van der Waals surface area contributed by atoms with Crippen molar-refractivity contribution in [1.82, 2.24) is 9.97 Å². The van der Waals surface area contributed by atoms with Crippen LogP contribution >= 0.6 is 12.8 Å². The quantitative estimate of drug-likeness (QED) is 0.656. The van der Waals surface area contributed by atoms with Crippen molar-refractivity contribution in [3.63, 3.8) is 0 Å². The fraction of sp³-hybridized carbons (Fsp3) is 0.429. The topological polar surface area (TPSA) is 56.3 Å². The summed E-state index contributed by atoms with van der Waals surface area (Å²) in [7, 11) is 0. The van der Waals surface area contributed by atoms with E-state index in [2.05, 4.69) is 27.5 Å². The number of fused-ring (bicyclic) bond motifs is 1. The zero-order valence-electron chi connectivity index (χ0n) is 7.07. The summed E-state index contributed by atoms with van der Waals surface area (Å²) in [5, 5.41) is 0. The van der Waals surface area contributed by atoms with Crippen LogP contribution in [0.2, 0.25) is 0 Å². The lowest BCUT2D eigenvalue weighted by Crippen LogP contribution is -2.18. The summed E-state index contributed by atoms with van der Waals surface area (Å²) in [6.45, 7) is 2.82. The van der Waals surface area contributed by atoms with Crippen LogP contribution in [0.25, 0.3) is 0 Å². The van der Waals surface area contributed by atoms with Gasteiger partial charge in [-0.3, -0.25) is 0 Å². The Morgan fingerprint density at radius 3 is 2.85 bits per heavy atom. The summed E-state index contributed by atoms with van der Waals surface area (Å²) >= 11 is 3.92. The Labute approximate surface area is 81.0 Å². The maximum Gasteiger partial charge on any atom is 0.262 e. The van der Waals surface area contributed by atoms with Crippen LogP contribution in [0.15, 0.2) is 0 Å². The van der Waals surface area contributed by atoms with Gasteiger partial charge in [-0.05, 0) is 6.92 Å². The normalized spacial score (nSPS) is 14.0. The first-order valence-corrected chi connectivity index (χ1v) is 4.30. The Morgan fingerprint density at radius 2 is 2.08 bits per heavy atom. The van der Waals surface area contributed by atoms with Gasteiger partial charge in [-0.15, -0.1) is 0 Å². The van der Waals surface area contributed by atoms with Gasteiger partial charge in [0, 0.05) is 0 Å². The highest BCUT2D eigenvalue weighted by Gasteiger charge is 2.18. The third-order valence-electron chi connectivity index (χ3n) is 1.62. The number of nitrogens with zero attached hydrogens (tertiary/aromatic N) is 2. The van der Waals surface area contributed by atoms with E-state index in [1.807, 2.05) is 0 Å². The Bertz CT molecular complexity index is 315. The van der Waals surface area contributed by atoms with Crippen molar-refractivity contribution in [3.8, 4) is 11.6 Å². The molecule has 0 saturated heterocycles. The van der Waals surface area contributed by atoms with Crippen LogP contribution in [0, 0.1) is 6.92 Å². The van der Waals surface area contributed by atoms with E-state index < -0.39 is 0 Å². The smallest absolute Gasteiger partial charge is 0.262 e. The molecule has 0 aliphatic carbocycles. The molecule has 0 unspecified atom stereocenters. The van der Waals surface area contributed by atoms with Crippen molar-refractivity contribution in [1.29, 1.82) is 0 Å². The summed E-state index contributed by atoms with van der Waals surface area (Å²) in [4.78, 5) is 8.19. The van der Waals surface area contributed by atoms with Gasteiger partial charge in [0.1, 0.15) is 19.0 Å². The van der Waals surface area contributed by atoms with Gasteiger partial charge in [0.05, 0.1) is 0 Å². The maximum absolute atomic E-state index is 5.34. The molecule has 0 atom stereocenters. The average Bonchev–Trinajstić information content (AvgIpc) is 2.16. The van der Waals surface area contributed by atoms with Crippen molar-refractivity contribution in [3.05, 3.63) is 5.82 Å². The summed E-state index contributed by atoms with van der Waals surface area (Å²) in [5.41, 5.74) is 0. The van der Waals surface area contributed by atoms with E-state index in [0.29, 0.717) is 36.5 Å². The van der Waals surface area contributed by atoms with E-state index in [0.717, 1.165) is 0 Å². The van der Waals surface area contributed by atoms with Gasteiger partial charge in [0.25, 0.3) is 5.88 Å². The highest BCUT2D eigenvalue weighted by molar-refractivity contribution is 7.81. The average molecular weight is 199 g/mol. The predicted octanol–water partition coefficient (Wildman–Crippen LogP) is 0.813. The number of rotatable bonds is 1. The largest absolute Gasteiger partial charge is 0.482 e. The molecule has 2 rings (SSSR count). The van der Waals surface area contributed by atoms with Crippen LogP contribution < -0.4 is 14.2 Å². The lowest BCUT2D eigenvalue weighted by molar-refractivity contribution is 0.164. The first kappa shape index (κ1) is 8.43. The van der Waals surface area contributed by atoms with E-state index >= 15 is 0 Å². The highest BCUT2D eigenvalue weighted by atomic mass is 32.1. The van der Waals surface area contributed by atoms with Gasteiger partial charge in [0.15, 0.2) is 5.82 Å². The van der Waals surface area contributed by atoms with Gasteiger partial charge in [-0.25, -0.2) is 4.98 Å². The number of nitrogens with one attached hydrogen (secondary N) is 1. The molecule has 70 valence electrons. The van der Waals surface area contributed by atoms with Gasteiger partial charge >= 0.3 is 0 Å². The number of aryl methyl sites for hydroxylation is 1. The number of anilines is 1. The SMILES string of the molecule is Cc1nc(NS)c2c(n1)OCCO2. The molecule has 5 nitrogen and oxygen atoms in total. The summed E-state index contributed by atoms with van der Waals surface area (Å²) in [6.07, 6.45) is 0. The van der Waals surface area contributed by atoms with Crippen LogP contribution in [0.4, 0.5) is 5.82 Å². The fourth-order valence-corrected chi connectivity index (χ4v) is 1.27. The second-order valence-corrected chi connectivity index (χ2v) is 2.79. The van der Waals surface area contributed by atoms with Gasteiger partial charge in [0.2, 0.25) is 5.75 Å².